The summed E-state index contributed by atoms with van der Waals surface area (Å²) in [5.41, 5.74) is 2.72. The molecular formula is C29H31F2N3O. The number of aromatic nitrogens is 1. The number of likely N-dealkylation sites (tertiary alicyclic amines) is 1. The smallest absolute Gasteiger partial charge is 0.123 e. The van der Waals surface area contributed by atoms with Crippen LogP contribution in [-0.4, -0.2) is 59.7 Å². The molecule has 2 saturated heterocycles. The number of hydrogen-bond acceptors (Lipinski definition) is 4. The molecule has 3 heterocycles. The second-order valence-corrected chi connectivity index (χ2v) is 9.35. The molecule has 0 radical (unpaired) electrons. The van der Waals surface area contributed by atoms with Gasteiger partial charge in [-0.05, 0) is 66.4 Å². The second kappa shape index (κ2) is 11.2. The normalized spacial score (nSPS) is 20.8. The van der Waals surface area contributed by atoms with E-state index in [1.165, 1.54) is 37.1 Å². The fourth-order valence-electron chi connectivity index (χ4n) is 5.29. The lowest BCUT2D eigenvalue weighted by Crippen LogP contribution is -2.54. The highest BCUT2D eigenvalue weighted by atomic mass is 19.1. The van der Waals surface area contributed by atoms with E-state index >= 15 is 0 Å². The lowest BCUT2D eigenvalue weighted by molar-refractivity contribution is 0.0276. The van der Waals surface area contributed by atoms with Crippen LogP contribution in [0.5, 0.6) is 0 Å². The molecule has 0 saturated carbocycles. The Balaban J connectivity index is 1.16. The minimum atomic E-state index is -0.356. The molecule has 0 N–H and O–H groups in total. The lowest BCUT2D eigenvalue weighted by Gasteiger charge is -2.40. The highest BCUT2D eigenvalue weighted by molar-refractivity contribution is 5.44. The highest BCUT2D eigenvalue weighted by Crippen LogP contribution is 2.31. The fraction of sp³-hybridized carbons (Fsp3) is 0.345. The Morgan fingerprint density at radius 3 is 2.09 bits per heavy atom. The molecule has 2 aliphatic rings. The molecule has 2 aromatic carbocycles. The van der Waals surface area contributed by atoms with Gasteiger partial charge in [-0.15, -0.1) is 0 Å². The summed E-state index contributed by atoms with van der Waals surface area (Å²) in [5, 5.41) is 0. The Morgan fingerprint density at radius 1 is 0.886 bits per heavy atom. The molecule has 5 rings (SSSR count). The van der Waals surface area contributed by atoms with Crippen LogP contribution in [0.1, 0.15) is 35.8 Å². The van der Waals surface area contributed by atoms with Crippen molar-refractivity contribution in [1.29, 1.82) is 0 Å². The van der Waals surface area contributed by atoms with Crippen LogP contribution in [0.2, 0.25) is 0 Å². The van der Waals surface area contributed by atoms with Gasteiger partial charge in [-0.25, -0.2) is 8.78 Å². The predicted molar refractivity (Wildman–Crippen MR) is 134 cm³/mol. The van der Waals surface area contributed by atoms with Crippen molar-refractivity contribution >= 4 is 6.08 Å². The average molecular weight is 476 g/mol. The third-order valence-electron chi connectivity index (χ3n) is 7.04. The van der Waals surface area contributed by atoms with Gasteiger partial charge in [0.1, 0.15) is 17.7 Å². The molecule has 6 heteroatoms. The first kappa shape index (κ1) is 23.8. The van der Waals surface area contributed by atoms with Crippen LogP contribution in [0.25, 0.3) is 6.08 Å². The van der Waals surface area contributed by atoms with Crippen molar-refractivity contribution < 1.29 is 13.5 Å². The number of halogens is 2. The third kappa shape index (κ3) is 6.01. The molecule has 1 aromatic heterocycles. The second-order valence-electron chi connectivity index (χ2n) is 9.35. The first-order valence-corrected chi connectivity index (χ1v) is 12.3. The number of rotatable bonds is 9. The van der Waals surface area contributed by atoms with Gasteiger partial charge in [-0.3, -0.25) is 14.8 Å². The van der Waals surface area contributed by atoms with Crippen LogP contribution in [0, 0.1) is 11.6 Å². The minimum absolute atomic E-state index is 0.283. The Bertz CT molecular complexity index is 1050. The van der Waals surface area contributed by atoms with Crippen LogP contribution in [0.3, 0.4) is 0 Å². The van der Waals surface area contributed by atoms with E-state index in [4.69, 9.17) is 4.74 Å². The average Bonchev–Trinajstić information content (AvgIpc) is 3.11. The maximum atomic E-state index is 13.5. The van der Waals surface area contributed by atoms with Crippen LogP contribution in [0.4, 0.5) is 8.78 Å². The maximum absolute atomic E-state index is 13.5. The summed E-state index contributed by atoms with van der Waals surface area (Å²) in [7, 11) is 0. The van der Waals surface area contributed by atoms with Crippen molar-refractivity contribution in [2.45, 2.75) is 31.0 Å². The van der Waals surface area contributed by atoms with Gasteiger partial charge in [0.15, 0.2) is 0 Å². The zero-order valence-electron chi connectivity index (χ0n) is 19.8. The van der Waals surface area contributed by atoms with Crippen molar-refractivity contribution in [1.82, 2.24) is 14.8 Å². The molecule has 182 valence electrons. The summed E-state index contributed by atoms with van der Waals surface area (Å²) in [5.74, 6) is -0.565. The molecular weight excluding hydrogens is 444 g/mol. The van der Waals surface area contributed by atoms with Crippen molar-refractivity contribution in [3.63, 3.8) is 0 Å². The van der Waals surface area contributed by atoms with Crippen molar-refractivity contribution in [2.75, 3.05) is 32.8 Å². The van der Waals surface area contributed by atoms with Crippen LogP contribution < -0.4 is 0 Å². The van der Waals surface area contributed by atoms with Gasteiger partial charge in [0.25, 0.3) is 0 Å². The van der Waals surface area contributed by atoms with Gasteiger partial charge in [0.2, 0.25) is 0 Å². The zero-order chi connectivity index (χ0) is 24.0. The Labute approximate surface area is 205 Å². The van der Waals surface area contributed by atoms with Gasteiger partial charge in [-0.2, -0.15) is 0 Å². The summed E-state index contributed by atoms with van der Waals surface area (Å²) in [6.45, 7) is 4.42. The largest absolute Gasteiger partial charge is 0.367 e. The van der Waals surface area contributed by atoms with Crippen LogP contribution >= 0.6 is 0 Å². The molecule has 35 heavy (non-hydrogen) atoms. The number of ether oxygens (including phenoxy) is 1. The topological polar surface area (TPSA) is 28.6 Å². The van der Waals surface area contributed by atoms with E-state index in [-0.39, 0.29) is 17.7 Å². The molecule has 2 aliphatic heterocycles. The van der Waals surface area contributed by atoms with Crippen LogP contribution in [0.15, 0.2) is 79.0 Å². The molecule has 4 nitrogen and oxygen atoms in total. The monoisotopic (exact) mass is 475 g/mol. The van der Waals surface area contributed by atoms with E-state index in [0.717, 1.165) is 43.0 Å². The number of nitrogens with zero attached hydrogens (tertiary/aromatic N) is 3. The summed E-state index contributed by atoms with van der Waals surface area (Å²) in [6, 6.07) is 19.8. The number of hydrogen-bond donors (Lipinski definition) is 0. The first-order valence-electron chi connectivity index (χ1n) is 12.3. The molecule has 0 spiro atoms. The zero-order valence-corrected chi connectivity index (χ0v) is 19.8. The van der Waals surface area contributed by atoms with E-state index in [0.29, 0.717) is 18.7 Å². The Hall–Kier alpha value is -2.93. The number of pyridine rings is 1. The molecule has 3 aromatic rings. The quantitative estimate of drug-likeness (QED) is 0.418. The standard InChI is InChI=1S/C29H31F2N3O/c30-24-10-6-22(7-11-24)29(23-8-12-25(31)13-9-23)35-19-18-33-20-27-14-15-28(21-33)34(27)17-3-5-26-4-1-2-16-32-26/h1-13,16,27-29H,14-15,17-21H2/b5-3+/t27-,28+. The van der Waals surface area contributed by atoms with E-state index in [9.17, 15) is 8.78 Å². The van der Waals surface area contributed by atoms with Crippen molar-refractivity contribution in [3.05, 3.63) is 107 Å². The molecule has 0 unspecified atom stereocenters. The molecule has 2 bridgehead atoms. The van der Waals surface area contributed by atoms with Gasteiger partial charge < -0.3 is 4.74 Å². The number of benzene rings is 2. The molecule has 0 aliphatic carbocycles. The number of fused-ring (bicyclic) bond motifs is 2. The van der Waals surface area contributed by atoms with Gasteiger partial charge in [0, 0.05) is 44.5 Å². The van der Waals surface area contributed by atoms with Gasteiger partial charge >= 0.3 is 0 Å². The summed E-state index contributed by atoms with van der Waals surface area (Å²) in [4.78, 5) is 9.48. The summed E-state index contributed by atoms with van der Waals surface area (Å²) < 4.78 is 33.2. The summed E-state index contributed by atoms with van der Waals surface area (Å²) in [6.07, 6.45) is 8.25. The van der Waals surface area contributed by atoms with Gasteiger partial charge in [-0.1, -0.05) is 36.4 Å². The summed E-state index contributed by atoms with van der Waals surface area (Å²) >= 11 is 0. The predicted octanol–water partition coefficient (Wildman–Crippen LogP) is 5.33. The van der Waals surface area contributed by atoms with E-state index in [2.05, 4.69) is 26.9 Å². The van der Waals surface area contributed by atoms with Crippen molar-refractivity contribution in [2.24, 2.45) is 0 Å². The first-order chi connectivity index (χ1) is 17.2. The van der Waals surface area contributed by atoms with E-state index < -0.39 is 0 Å². The van der Waals surface area contributed by atoms with E-state index in [1.54, 1.807) is 24.3 Å². The highest BCUT2D eigenvalue weighted by Gasteiger charge is 2.38. The molecule has 0 amide bonds. The fourth-order valence-corrected chi connectivity index (χ4v) is 5.29. The maximum Gasteiger partial charge on any atom is 0.123 e. The Kier molecular flexibility index (Phi) is 7.62. The van der Waals surface area contributed by atoms with E-state index in [1.807, 2.05) is 24.4 Å². The number of piperazine rings is 1. The SMILES string of the molecule is Fc1ccc(C(OCCN2C[C@H]3CC[C@@H](C2)N3C/C=C/c2ccccn2)c2ccc(F)cc2)cc1. The molecule has 2 fully saturated rings. The third-order valence-corrected chi connectivity index (χ3v) is 7.04. The molecule has 2 atom stereocenters. The van der Waals surface area contributed by atoms with Gasteiger partial charge in [0.05, 0.1) is 12.3 Å². The lowest BCUT2D eigenvalue weighted by atomic mass is 10.0. The Morgan fingerprint density at radius 2 is 1.51 bits per heavy atom. The minimum Gasteiger partial charge on any atom is -0.367 e. The van der Waals surface area contributed by atoms with Crippen LogP contribution in [-0.2, 0) is 4.74 Å². The van der Waals surface area contributed by atoms with Crippen molar-refractivity contribution in [3.8, 4) is 0 Å².